The third-order valence-corrected chi connectivity index (χ3v) is 3.39. The summed E-state index contributed by atoms with van der Waals surface area (Å²) < 4.78 is 10.3. The minimum absolute atomic E-state index is 0.225. The van der Waals surface area contributed by atoms with Crippen molar-refractivity contribution in [1.82, 2.24) is 9.97 Å². The first kappa shape index (κ1) is 14.9. The monoisotopic (exact) mass is 303 g/mol. The van der Waals surface area contributed by atoms with E-state index < -0.39 is 5.97 Å². The minimum atomic E-state index is -0.452. The molecule has 0 aromatic carbocycles. The van der Waals surface area contributed by atoms with Crippen LogP contribution in [0, 0.1) is 11.3 Å². The molecule has 2 aromatic heterocycles. The maximum Gasteiger partial charge on any atom is 0.357 e. The molecule has 0 fully saturated rings. The van der Waals surface area contributed by atoms with E-state index >= 15 is 0 Å². The molecule has 0 aliphatic heterocycles. The summed E-state index contributed by atoms with van der Waals surface area (Å²) in [6, 6.07) is 3.67. The number of pyridine rings is 1. The molecule has 0 radical (unpaired) electrons. The van der Waals surface area contributed by atoms with Gasteiger partial charge in [0.25, 0.3) is 0 Å². The van der Waals surface area contributed by atoms with Gasteiger partial charge in [-0.2, -0.15) is 5.26 Å². The molecule has 2 heterocycles. The highest BCUT2D eigenvalue weighted by Gasteiger charge is 2.14. The van der Waals surface area contributed by atoms with Crippen LogP contribution >= 0.6 is 11.3 Å². The van der Waals surface area contributed by atoms with Gasteiger partial charge < -0.3 is 9.47 Å². The topological polar surface area (TPSA) is 85.1 Å². The number of ether oxygens (including phenoxy) is 2. The van der Waals surface area contributed by atoms with Crippen molar-refractivity contribution in [2.75, 3.05) is 13.2 Å². The molecule has 0 aliphatic rings. The molecular weight excluding hydrogens is 290 g/mol. The Hall–Kier alpha value is -2.46. The minimum Gasteiger partial charge on any atom is -0.491 e. The molecule has 0 amide bonds. The van der Waals surface area contributed by atoms with Gasteiger partial charge in [0.1, 0.15) is 11.1 Å². The lowest BCUT2D eigenvalue weighted by Gasteiger charge is -2.05. The van der Waals surface area contributed by atoms with E-state index in [1.807, 2.05) is 13.0 Å². The van der Waals surface area contributed by atoms with Crippen LogP contribution in [0.5, 0.6) is 5.75 Å². The van der Waals surface area contributed by atoms with Crippen LogP contribution in [0.25, 0.3) is 10.6 Å². The van der Waals surface area contributed by atoms with Gasteiger partial charge >= 0.3 is 5.97 Å². The van der Waals surface area contributed by atoms with Crippen molar-refractivity contribution in [3.63, 3.8) is 0 Å². The Balaban J connectivity index is 2.32. The summed E-state index contributed by atoms with van der Waals surface area (Å²) in [5.41, 5.74) is 1.18. The van der Waals surface area contributed by atoms with Crippen LogP contribution in [0.2, 0.25) is 0 Å². The Morgan fingerprint density at radius 1 is 1.43 bits per heavy atom. The van der Waals surface area contributed by atoms with Crippen molar-refractivity contribution < 1.29 is 14.3 Å². The second-order valence-electron chi connectivity index (χ2n) is 3.87. The van der Waals surface area contributed by atoms with Gasteiger partial charge in [-0.15, -0.1) is 11.3 Å². The molecule has 6 nitrogen and oxygen atoms in total. The molecule has 2 aromatic rings. The number of carbonyl (C=O) groups excluding carboxylic acids is 1. The smallest absolute Gasteiger partial charge is 0.357 e. The van der Waals surface area contributed by atoms with E-state index in [1.165, 1.54) is 17.5 Å². The molecule has 2 rings (SSSR count). The predicted octanol–water partition coefficient (Wildman–Crippen LogP) is 2.65. The van der Waals surface area contributed by atoms with Crippen molar-refractivity contribution in [3.05, 3.63) is 29.0 Å². The number of nitrogens with zero attached hydrogens (tertiary/aromatic N) is 3. The summed E-state index contributed by atoms with van der Waals surface area (Å²) in [6.07, 6.45) is 1.54. The first-order valence-electron chi connectivity index (χ1n) is 6.35. The van der Waals surface area contributed by atoms with Gasteiger partial charge in [0.2, 0.25) is 0 Å². The molecule has 0 saturated heterocycles. The molecule has 0 unspecified atom stereocenters. The lowest BCUT2D eigenvalue weighted by molar-refractivity contribution is 0.0520. The van der Waals surface area contributed by atoms with Crippen LogP contribution in [-0.2, 0) is 4.74 Å². The molecule has 108 valence electrons. The summed E-state index contributed by atoms with van der Waals surface area (Å²) in [4.78, 5) is 19.9. The molecule has 0 atom stereocenters. The number of carbonyl (C=O) groups is 1. The van der Waals surface area contributed by atoms with E-state index in [0.717, 1.165) is 0 Å². The first-order valence-corrected chi connectivity index (χ1v) is 7.23. The number of thiazole rings is 1. The first-order chi connectivity index (χ1) is 10.2. The maximum absolute atomic E-state index is 11.6. The van der Waals surface area contributed by atoms with Gasteiger partial charge in [-0.1, -0.05) is 0 Å². The predicted molar refractivity (Wildman–Crippen MR) is 77.2 cm³/mol. The summed E-state index contributed by atoms with van der Waals surface area (Å²) in [5.74, 6) is -0.0444. The highest BCUT2D eigenvalue weighted by molar-refractivity contribution is 7.13. The molecule has 0 N–H and O–H groups in total. The van der Waals surface area contributed by atoms with Gasteiger partial charge in [0.15, 0.2) is 17.1 Å². The number of hydrogen-bond acceptors (Lipinski definition) is 7. The van der Waals surface area contributed by atoms with Crippen LogP contribution in [0.3, 0.4) is 0 Å². The summed E-state index contributed by atoms with van der Waals surface area (Å²) in [5, 5.41) is 11.2. The zero-order chi connectivity index (χ0) is 15.2. The molecular formula is C14H13N3O3S. The van der Waals surface area contributed by atoms with Crippen molar-refractivity contribution in [1.29, 1.82) is 5.26 Å². The number of esters is 1. The quantitative estimate of drug-likeness (QED) is 0.789. The van der Waals surface area contributed by atoms with Gasteiger partial charge in [-0.25, -0.2) is 14.8 Å². The van der Waals surface area contributed by atoms with Crippen molar-refractivity contribution in [2.24, 2.45) is 0 Å². The fourth-order valence-electron chi connectivity index (χ4n) is 1.62. The van der Waals surface area contributed by atoms with E-state index in [-0.39, 0.29) is 11.4 Å². The van der Waals surface area contributed by atoms with E-state index in [4.69, 9.17) is 14.7 Å². The Morgan fingerprint density at radius 2 is 2.24 bits per heavy atom. The normalized spacial score (nSPS) is 9.95. The molecule has 0 aliphatic carbocycles. The molecule has 7 heteroatoms. The van der Waals surface area contributed by atoms with Gasteiger partial charge in [0.05, 0.1) is 13.2 Å². The Morgan fingerprint density at radius 3 is 2.90 bits per heavy atom. The Labute approximate surface area is 126 Å². The molecule has 0 saturated carbocycles. The lowest BCUT2D eigenvalue weighted by atomic mass is 10.2. The second kappa shape index (κ2) is 6.81. The van der Waals surface area contributed by atoms with Crippen LogP contribution in [-0.4, -0.2) is 29.2 Å². The average Bonchev–Trinajstić information content (AvgIpc) is 2.98. The van der Waals surface area contributed by atoms with Crippen LogP contribution in [0.15, 0.2) is 17.6 Å². The summed E-state index contributed by atoms with van der Waals surface area (Å²) >= 11 is 1.31. The van der Waals surface area contributed by atoms with Crippen molar-refractivity contribution >= 4 is 17.3 Å². The van der Waals surface area contributed by atoms with Gasteiger partial charge in [-0.05, 0) is 19.9 Å². The fraction of sp³-hybridized carbons (Fsp3) is 0.286. The molecule has 0 spiro atoms. The van der Waals surface area contributed by atoms with Crippen LogP contribution < -0.4 is 4.74 Å². The van der Waals surface area contributed by atoms with Crippen LogP contribution in [0.1, 0.15) is 30.0 Å². The fourth-order valence-corrected chi connectivity index (χ4v) is 2.39. The molecule has 0 bridgehead atoms. The Bertz CT molecular complexity index is 691. The van der Waals surface area contributed by atoms with Gasteiger partial charge in [0, 0.05) is 17.1 Å². The van der Waals surface area contributed by atoms with Crippen molar-refractivity contribution in [2.45, 2.75) is 13.8 Å². The lowest BCUT2D eigenvalue weighted by Crippen LogP contribution is -2.04. The van der Waals surface area contributed by atoms with E-state index in [0.29, 0.717) is 29.5 Å². The van der Waals surface area contributed by atoms with Crippen molar-refractivity contribution in [3.8, 4) is 22.4 Å². The van der Waals surface area contributed by atoms with Gasteiger partial charge in [-0.3, -0.25) is 0 Å². The Kier molecular flexibility index (Phi) is 4.85. The number of aromatic nitrogens is 2. The summed E-state index contributed by atoms with van der Waals surface area (Å²) in [6.45, 7) is 4.31. The number of hydrogen-bond donors (Lipinski definition) is 0. The third kappa shape index (κ3) is 3.35. The number of rotatable bonds is 5. The second-order valence-corrected chi connectivity index (χ2v) is 4.73. The van der Waals surface area contributed by atoms with E-state index in [9.17, 15) is 4.79 Å². The van der Waals surface area contributed by atoms with E-state index in [1.54, 1.807) is 18.4 Å². The zero-order valence-electron chi connectivity index (χ0n) is 11.6. The highest BCUT2D eigenvalue weighted by Crippen LogP contribution is 2.28. The van der Waals surface area contributed by atoms with E-state index in [2.05, 4.69) is 9.97 Å². The largest absolute Gasteiger partial charge is 0.491 e. The summed E-state index contributed by atoms with van der Waals surface area (Å²) in [7, 11) is 0. The molecule has 21 heavy (non-hydrogen) atoms. The SMILES string of the molecule is CCOC(=O)c1csc(-c2cnc(C#N)c(OCC)c2)n1. The zero-order valence-corrected chi connectivity index (χ0v) is 12.4. The number of nitriles is 1. The third-order valence-electron chi connectivity index (χ3n) is 2.49. The van der Waals surface area contributed by atoms with Crippen LogP contribution in [0.4, 0.5) is 0 Å². The average molecular weight is 303 g/mol. The maximum atomic E-state index is 11.6. The standard InChI is InChI=1S/C14H13N3O3S/c1-3-19-12-5-9(7-16-10(12)6-15)13-17-11(8-21-13)14(18)20-4-2/h5,7-8H,3-4H2,1-2H3. The highest BCUT2D eigenvalue weighted by atomic mass is 32.1.